The second-order valence-electron chi connectivity index (χ2n) is 10.7. The van der Waals surface area contributed by atoms with E-state index in [1.807, 2.05) is 12.3 Å². The lowest BCUT2D eigenvalue weighted by molar-refractivity contribution is 0.0607. The summed E-state index contributed by atoms with van der Waals surface area (Å²) in [5, 5.41) is 8.80. The minimum absolute atomic E-state index is 0.216. The maximum absolute atomic E-state index is 13.8. The van der Waals surface area contributed by atoms with Crippen LogP contribution in [0.25, 0.3) is 5.65 Å². The normalized spacial score (nSPS) is 23.7. The quantitative estimate of drug-likeness (QED) is 0.495. The third-order valence-corrected chi connectivity index (χ3v) is 8.72. The van der Waals surface area contributed by atoms with Gasteiger partial charge in [0.15, 0.2) is 5.65 Å². The van der Waals surface area contributed by atoms with Gasteiger partial charge in [-0.1, -0.05) is 11.6 Å². The summed E-state index contributed by atoms with van der Waals surface area (Å²) in [6, 6.07) is 6.87. The van der Waals surface area contributed by atoms with E-state index in [0.29, 0.717) is 23.5 Å². The third-order valence-electron chi connectivity index (χ3n) is 7.90. The first kappa shape index (κ1) is 25.4. The molecule has 1 aromatic carbocycles. The largest absolute Gasteiger partial charge is 0.354 e. The Labute approximate surface area is 227 Å². The number of benzene rings is 1. The van der Waals surface area contributed by atoms with Gasteiger partial charge in [-0.25, -0.2) is 17.9 Å². The lowest BCUT2D eigenvalue weighted by Crippen LogP contribution is -2.39. The van der Waals surface area contributed by atoms with Gasteiger partial charge in [-0.2, -0.15) is 5.10 Å². The van der Waals surface area contributed by atoms with Crippen molar-refractivity contribution >= 4 is 44.7 Å². The van der Waals surface area contributed by atoms with E-state index < -0.39 is 10.0 Å². The molecule has 3 saturated heterocycles. The Morgan fingerprint density at radius 1 is 1.18 bits per heavy atom. The van der Waals surface area contributed by atoms with Crippen LogP contribution in [0.2, 0.25) is 5.02 Å². The SMILES string of the molecule is Cc1cn2nc([C@@H]3CCCCN3C(=O)c3cc(Cl)ccc3NS(C)(=O)=O)cc2nc1N1C[C@@H]2CCN[C@@H]2C1. The standard InChI is InChI=1S/C26H32ClN7O3S/c1-16-13-34-24(29-25(16)32-14-17-8-9-28-22(17)15-32)12-21(30-34)23-5-3-4-10-33(23)26(35)19-11-18(27)6-7-20(19)31-38(2,36)37/h6-7,11-13,17,22-23,28,31H,3-5,8-10,14-15H2,1-2H3/t17-,22+,23-/m0/s1. The fourth-order valence-corrected chi connectivity index (χ4v) is 6.89. The summed E-state index contributed by atoms with van der Waals surface area (Å²) in [5.74, 6) is 1.39. The maximum atomic E-state index is 13.8. The van der Waals surface area contributed by atoms with Crippen molar-refractivity contribution in [3.8, 4) is 0 Å². The van der Waals surface area contributed by atoms with E-state index in [-0.39, 0.29) is 23.2 Å². The highest BCUT2D eigenvalue weighted by Gasteiger charge is 2.37. The summed E-state index contributed by atoms with van der Waals surface area (Å²) in [7, 11) is -3.58. The van der Waals surface area contributed by atoms with Crippen LogP contribution in [0, 0.1) is 12.8 Å². The van der Waals surface area contributed by atoms with Gasteiger partial charge in [-0.05, 0) is 63.3 Å². The van der Waals surface area contributed by atoms with Gasteiger partial charge in [0, 0.05) is 48.5 Å². The van der Waals surface area contributed by atoms with Crippen molar-refractivity contribution in [2.45, 2.75) is 44.7 Å². The molecule has 3 fully saturated rings. The van der Waals surface area contributed by atoms with Crippen LogP contribution in [0.1, 0.15) is 53.3 Å². The van der Waals surface area contributed by atoms with Gasteiger partial charge >= 0.3 is 0 Å². The highest BCUT2D eigenvalue weighted by Crippen LogP contribution is 2.35. The molecule has 0 spiro atoms. The Morgan fingerprint density at radius 2 is 2.03 bits per heavy atom. The van der Waals surface area contributed by atoms with Crippen molar-refractivity contribution in [2.24, 2.45) is 5.92 Å². The highest BCUT2D eigenvalue weighted by molar-refractivity contribution is 7.92. The van der Waals surface area contributed by atoms with Crippen LogP contribution >= 0.6 is 11.6 Å². The molecule has 0 bridgehead atoms. The van der Waals surface area contributed by atoms with Crippen LogP contribution in [-0.2, 0) is 10.0 Å². The van der Waals surface area contributed by atoms with Crippen molar-refractivity contribution in [3.05, 3.63) is 52.3 Å². The fraction of sp³-hybridized carbons (Fsp3) is 0.500. The summed E-state index contributed by atoms with van der Waals surface area (Å²) in [5.41, 5.74) is 3.04. The van der Waals surface area contributed by atoms with Crippen LogP contribution in [0.3, 0.4) is 0 Å². The Bertz CT molecular complexity index is 1500. The molecule has 3 aliphatic rings. The van der Waals surface area contributed by atoms with Gasteiger partial charge in [0.05, 0.1) is 29.2 Å². The smallest absolute Gasteiger partial charge is 0.256 e. The molecular weight excluding hydrogens is 526 g/mol. The van der Waals surface area contributed by atoms with E-state index in [0.717, 1.165) is 67.9 Å². The number of rotatable bonds is 5. The van der Waals surface area contributed by atoms with Gasteiger partial charge in [-0.3, -0.25) is 9.52 Å². The average molecular weight is 558 g/mol. The number of aryl methyl sites for hydroxylation is 1. The number of fused-ring (bicyclic) bond motifs is 2. The second kappa shape index (κ2) is 9.69. The van der Waals surface area contributed by atoms with E-state index in [1.54, 1.807) is 15.5 Å². The topological polar surface area (TPSA) is 112 Å². The third kappa shape index (κ3) is 4.83. The Balaban J connectivity index is 1.31. The van der Waals surface area contributed by atoms with Crippen molar-refractivity contribution in [1.82, 2.24) is 24.8 Å². The predicted octanol–water partition coefficient (Wildman–Crippen LogP) is 3.23. The number of carbonyl (C=O) groups is 1. The fourth-order valence-electron chi connectivity index (χ4n) is 6.14. The number of carbonyl (C=O) groups excluding carboxylic acids is 1. The summed E-state index contributed by atoms with van der Waals surface area (Å²) >= 11 is 6.21. The zero-order valence-corrected chi connectivity index (χ0v) is 23.1. The van der Waals surface area contributed by atoms with Crippen molar-refractivity contribution in [2.75, 3.05) is 42.1 Å². The van der Waals surface area contributed by atoms with Gasteiger partial charge < -0.3 is 15.1 Å². The first-order valence-corrected chi connectivity index (χ1v) is 15.4. The zero-order chi connectivity index (χ0) is 26.6. The molecule has 202 valence electrons. The number of nitrogens with one attached hydrogen (secondary N) is 2. The van der Waals surface area contributed by atoms with E-state index >= 15 is 0 Å². The molecule has 1 amide bonds. The first-order chi connectivity index (χ1) is 18.2. The number of anilines is 2. The van der Waals surface area contributed by atoms with Crippen LogP contribution in [0.5, 0.6) is 0 Å². The number of hydrogen-bond acceptors (Lipinski definition) is 7. The minimum Gasteiger partial charge on any atom is -0.354 e. The van der Waals surface area contributed by atoms with Gasteiger partial charge in [0.25, 0.3) is 5.91 Å². The summed E-state index contributed by atoms with van der Waals surface area (Å²) in [4.78, 5) is 23.0. The maximum Gasteiger partial charge on any atom is 0.256 e. The van der Waals surface area contributed by atoms with Crippen LogP contribution < -0.4 is 14.9 Å². The number of amides is 1. The Morgan fingerprint density at radius 3 is 2.82 bits per heavy atom. The van der Waals surface area contributed by atoms with E-state index in [2.05, 4.69) is 21.9 Å². The number of sulfonamides is 1. The van der Waals surface area contributed by atoms with Crippen molar-refractivity contribution in [1.29, 1.82) is 0 Å². The lowest BCUT2D eigenvalue weighted by Gasteiger charge is -2.35. The molecule has 3 atom stereocenters. The molecule has 2 N–H and O–H groups in total. The minimum atomic E-state index is -3.58. The molecule has 5 heterocycles. The number of hydrogen-bond donors (Lipinski definition) is 2. The number of halogens is 1. The number of nitrogens with zero attached hydrogens (tertiary/aromatic N) is 5. The molecule has 0 radical (unpaired) electrons. The monoisotopic (exact) mass is 557 g/mol. The van der Waals surface area contributed by atoms with Crippen molar-refractivity contribution < 1.29 is 13.2 Å². The number of piperidine rings is 1. The molecule has 10 nitrogen and oxygen atoms in total. The van der Waals surface area contributed by atoms with Crippen LogP contribution in [0.15, 0.2) is 30.5 Å². The van der Waals surface area contributed by atoms with Gasteiger partial charge in [0.2, 0.25) is 10.0 Å². The number of aromatic nitrogens is 3. The molecule has 0 aliphatic carbocycles. The highest BCUT2D eigenvalue weighted by atomic mass is 35.5. The second-order valence-corrected chi connectivity index (χ2v) is 12.9. The average Bonchev–Trinajstić information content (AvgIpc) is 3.58. The summed E-state index contributed by atoms with van der Waals surface area (Å²) < 4.78 is 28.1. The molecular formula is C26H32ClN7O3S. The summed E-state index contributed by atoms with van der Waals surface area (Å²) in [6.45, 7) is 5.68. The lowest BCUT2D eigenvalue weighted by atomic mass is 9.98. The molecule has 0 unspecified atom stereocenters. The van der Waals surface area contributed by atoms with Crippen LogP contribution in [0.4, 0.5) is 11.5 Å². The zero-order valence-electron chi connectivity index (χ0n) is 21.5. The molecule has 12 heteroatoms. The number of likely N-dealkylation sites (tertiary alicyclic amines) is 1. The molecule has 0 saturated carbocycles. The van der Waals surface area contributed by atoms with Crippen LogP contribution in [-0.4, -0.2) is 72.3 Å². The van der Waals surface area contributed by atoms with Gasteiger partial charge in [-0.15, -0.1) is 0 Å². The predicted molar refractivity (Wildman–Crippen MR) is 147 cm³/mol. The molecule has 3 aliphatic heterocycles. The Kier molecular flexibility index (Phi) is 6.48. The first-order valence-electron chi connectivity index (χ1n) is 13.1. The van der Waals surface area contributed by atoms with E-state index in [4.69, 9.17) is 21.7 Å². The molecule has 6 rings (SSSR count). The Hall–Kier alpha value is -2.89. The van der Waals surface area contributed by atoms with E-state index in [1.165, 1.54) is 18.6 Å². The molecule has 2 aromatic heterocycles. The summed E-state index contributed by atoms with van der Waals surface area (Å²) in [6.07, 6.45) is 6.87. The molecule has 3 aromatic rings. The van der Waals surface area contributed by atoms with E-state index in [9.17, 15) is 13.2 Å². The van der Waals surface area contributed by atoms with Crippen molar-refractivity contribution in [3.63, 3.8) is 0 Å². The molecule has 38 heavy (non-hydrogen) atoms. The van der Waals surface area contributed by atoms with Gasteiger partial charge in [0.1, 0.15) is 5.82 Å².